The maximum atomic E-state index is 12.5. The predicted octanol–water partition coefficient (Wildman–Crippen LogP) is 4.19. The number of carbonyl (C=O) groups excluding carboxylic acids is 2. The third-order valence-corrected chi connectivity index (χ3v) is 6.31. The van der Waals surface area contributed by atoms with Crippen LogP contribution in [-0.4, -0.2) is 38.2 Å². The van der Waals surface area contributed by atoms with Gasteiger partial charge >= 0.3 is 0 Å². The first-order valence-corrected chi connectivity index (χ1v) is 11.6. The molecule has 0 saturated heterocycles. The third-order valence-electron chi connectivity index (χ3n) is 5.28. The van der Waals surface area contributed by atoms with Crippen LogP contribution in [-0.2, 0) is 28.5 Å². The van der Waals surface area contributed by atoms with E-state index in [0.717, 1.165) is 17.0 Å². The van der Waals surface area contributed by atoms with E-state index in [9.17, 15) is 9.59 Å². The minimum atomic E-state index is -0.540. The highest BCUT2D eigenvalue weighted by atomic mass is 32.2. The van der Waals surface area contributed by atoms with Crippen LogP contribution >= 0.6 is 11.8 Å². The third kappa shape index (κ3) is 6.07. The van der Waals surface area contributed by atoms with Gasteiger partial charge in [-0.05, 0) is 29.9 Å². The summed E-state index contributed by atoms with van der Waals surface area (Å²) in [5, 5.41) is 12.1. The lowest BCUT2D eigenvalue weighted by Gasteiger charge is -2.19. The van der Waals surface area contributed by atoms with Gasteiger partial charge in [0.25, 0.3) is 0 Å². The highest BCUT2D eigenvalue weighted by Gasteiger charge is 2.19. The summed E-state index contributed by atoms with van der Waals surface area (Å²) in [7, 11) is 1.89. The van der Waals surface area contributed by atoms with Crippen molar-refractivity contribution in [3.63, 3.8) is 0 Å². The molecule has 168 valence electrons. The molecule has 1 atom stereocenters. The van der Waals surface area contributed by atoms with E-state index in [4.69, 9.17) is 0 Å². The molecule has 0 spiro atoms. The van der Waals surface area contributed by atoms with Crippen molar-refractivity contribution >= 4 is 23.5 Å². The van der Waals surface area contributed by atoms with Crippen molar-refractivity contribution in [3.8, 4) is 11.4 Å². The summed E-state index contributed by atoms with van der Waals surface area (Å²) in [6.07, 6.45) is 0.477. The van der Waals surface area contributed by atoms with E-state index in [1.54, 1.807) is 0 Å². The molecule has 1 amide bonds. The molecule has 0 bridgehead atoms. The molecule has 0 aliphatic carbocycles. The van der Waals surface area contributed by atoms with Crippen LogP contribution in [0.15, 0.2) is 59.8 Å². The molecular weight excluding hydrogens is 420 g/mol. The van der Waals surface area contributed by atoms with Crippen molar-refractivity contribution in [1.29, 1.82) is 0 Å². The Labute approximate surface area is 193 Å². The van der Waals surface area contributed by atoms with Gasteiger partial charge in [-0.15, -0.1) is 10.2 Å². The Morgan fingerprint density at radius 2 is 1.69 bits per heavy atom. The number of hydrogen-bond acceptors (Lipinski definition) is 5. The monoisotopic (exact) mass is 450 g/mol. The fourth-order valence-electron chi connectivity index (χ4n) is 3.32. The average Bonchev–Trinajstić information content (AvgIpc) is 3.12. The zero-order chi connectivity index (χ0) is 23.3. The minimum absolute atomic E-state index is 0.0631. The largest absolute Gasteiger partial charge is 0.345 e. The van der Waals surface area contributed by atoms with E-state index in [2.05, 4.69) is 48.4 Å². The molecule has 3 rings (SSSR count). The fraction of sp³-hybridized carbons (Fsp3) is 0.360. The lowest BCUT2D eigenvalue weighted by Crippen LogP contribution is -2.42. The van der Waals surface area contributed by atoms with Crippen LogP contribution in [0.5, 0.6) is 0 Å². The predicted molar refractivity (Wildman–Crippen MR) is 129 cm³/mol. The Bertz CT molecular complexity index is 1070. The molecule has 0 aliphatic heterocycles. The summed E-state index contributed by atoms with van der Waals surface area (Å²) in [6, 6.07) is 17.5. The summed E-state index contributed by atoms with van der Waals surface area (Å²) in [5.74, 6) is 0.643. The highest BCUT2D eigenvalue weighted by Crippen LogP contribution is 2.27. The maximum absolute atomic E-state index is 12.5. The number of benzene rings is 2. The normalized spacial score (nSPS) is 12.4. The Morgan fingerprint density at radius 3 is 2.28 bits per heavy atom. The molecule has 1 aromatic heterocycles. The Morgan fingerprint density at radius 1 is 1.03 bits per heavy atom. The van der Waals surface area contributed by atoms with Crippen LogP contribution in [0.4, 0.5) is 0 Å². The van der Waals surface area contributed by atoms with Gasteiger partial charge in [0, 0.05) is 12.6 Å². The molecule has 0 fully saturated rings. The highest BCUT2D eigenvalue weighted by molar-refractivity contribution is 7.99. The second-order valence-corrected chi connectivity index (χ2v) is 9.84. The minimum Gasteiger partial charge on any atom is -0.345 e. The van der Waals surface area contributed by atoms with Crippen LogP contribution < -0.4 is 5.32 Å². The number of nitrogens with one attached hydrogen (secondary N) is 1. The maximum Gasteiger partial charge on any atom is 0.231 e. The molecule has 0 unspecified atom stereocenters. The molecule has 7 heteroatoms. The molecule has 32 heavy (non-hydrogen) atoms. The number of rotatable bonds is 8. The second kappa shape index (κ2) is 10.1. The van der Waals surface area contributed by atoms with Crippen molar-refractivity contribution in [2.45, 2.75) is 50.7 Å². The first kappa shape index (κ1) is 23.7. The number of amides is 1. The van der Waals surface area contributed by atoms with Crippen LogP contribution in [0, 0.1) is 0 Å². The number of thioether (sulfide) groups is 1. The van der Waals surface area contributed by atoms with E-state index < -0.39 is 6.04 Å². The van der Waals surface area contributed by atoms with Gasteiger partial charge in [-0.3, -0.25) is 9.59 Å². The number of aromatic nitrogens is 3. The summed E-state index contributed by atoms with van der Waals surface area (Å²) < 4.78 is 1.89. The lowest BCUT2D eigenvalue weighted by atomic mass is 9.87. The molecular formula is C25H30N4O2S. The van der Waals surface area contributed by atoms with Crippen molar-refractivity contribution in [2.75, 3.05) is 5.75 Å². The average molecular weight is 451 g/mol. The van der Waals surface area contributed by atoms with Crippen molar-refractivity contribution in [2.24, 2.45) is 7.05 Å². The van der Waals surface area contributed by atoms with Crippen LogP contribution in [0.3, 0.4) is 0 Å². The summed E-state index contributed by atoms with van der Waals surface area (Å²) in [6.45, 7) is 8.04. The molecule has 6 nitrogen and oxygen atoms in total. The SMILES string of the molecule is CC(=O)[C@@H](Cc1ccccc1)NC(=O)CSc1nnc(-c2ccc(C(C)(C)C)cc2)n1C. The first-order chi connectivity index (χ1) is 15.1. The number of carbonyl (C=O) groups is 2. The standard InChI is InChI=1S/C25H30N4O2S/c1-17(30)21(15-18-9-7-6-8-10-18)26-22(31)16-32-24-28-27-23(29(24)5)19-11-13-20(14-12-19)25(2,3)4/h6-14,21H,15-16H2,1-5H3,(H,26,31)/t21-/m1/s1. The first-order valence-electron chi connectivity index (χ1n) is 10.6. The summed E-state index contributed by atoms with van der Waals surface area (Å²) >= 11 is 1.30. The molecule has 0 radical (unpaired) electrons. The van der Waals surface area contributed by atoms with Crippen molar-refractivity contribution in [1.82, 2.24) is 20.1 Å². The summed E-state index contributed by atoms with van der Waals surface area (Å²) in [5.41, 5.74) is 3.33. The molecule has 2 aromatic carbocycles. The zero-order valence-corrected chi connectivity index (χ0v) is 20.1. The van der Waals surface area contributed by atoms with Gasteiger partial charge in [0.1, 0.15) is 0 Å². The quantitative estimate of drug-likeness (QED) is 0.521. The molecule has 0 aliphatic rings. The Kier molecular flexibility index (Phi) is 7.51. The molecule has 3 aromatic rings. The van der Waals surface area contributed by atoms with Crippen molar-refractivity contribution in [3.05, 3.63) is 65.7 Å². The number of hydrogen-bond donors (Lipinski definition) is 1. The van der Waals surface area contributed by atoms with E-state index in [0.29, 0.717) is 11.6 Å². The van der Waals surface area contributed by atoms with Gasteiger partial charge in [-0.1, -0.05) is 87.1 Å². The van der Waals surface area contributed by atoms with Gasteiger partial charge in [-0.25, -0.2) is 0 Å². The van der Waals surface area contributed by atoms with Gasteiger partial charge in [0.05, 0.1) is 11.8 Å². The second-order valence-electron chi connectivity index (χ2n) is 8.90. The number of Topliss-reactive ketones (excluding diaryl/α,β-unsaturated/α-hetero) is 1. The van der Waals surface area contributed by atoms with E-state index in [1.807, 2.05) is 54.1 Å². The smallest absolute Gasteiger partial charge is 0.231 e. The van der Waals surface area contributed by atoms with Crippen LogP contribution in [0.25, 0.3) is 11.4 Å². The van der Waals surface area contributed by atoms with Crippen molar-refractivity contribution < 1.29 is 9.59 Å². The van der Waals surface area contributed by atoms with Crippen LogP contribution in [0.2, 0.25) is 0 Å². The van der Waals surface area contributed by atoms with E-state index >= 15 is 0 Å². The van der Waals surface area contributed by atoms with Gasteiger partial charge < -0.3 is 9.88 Å². The Balaban J connectivity index is 1.61. The van der Waals surface area contributed by atoms with Gasteiger partial charge in [0.15, 0.2) is 16.8 Å². The van der Waals surface area contributed by atoms with E-state index in [1.165, 1.54) is 24.2 Å². The lowest BCUT2D eigenvalue weighted by molar-refractivity contribution is -0.125. The molecule has 0 saturated carbocycles. The van der Waals surface area contributed by atoms with Gasteiger partial charge in [-0.2, -0.15) is 0 Å². The molecule has 1 N–H and O–H groups in total. The van der Waals surface area contributed by atoms with E-state index in [-0.39, 0.29) is 22.9 Å². The Hall–Kier alpha value is -2.93. The number of nitrogens with zero attached hydrogens (tertiary/aromatic N) is 3. The topological polar surface area (TPSA) is 76.9 Å². The zero-order valence-electron chi connectivity index (χ0n) is 19.3. The summed E-state index contributed by atoms with van der Waals surface area (Å²) in [4.78, 5) is 24.5. The number of ketones is 1. The van der Waals surface area contributed by atoms with Crippen LogP contribution in [0.1, 0.15) is 38.8 Å². The van der Waals surface area contributed by atoms with Gasteiger partial charge in [0.2, 0.25) is 5.91 Å². The molecule has 1 heterocycles. The fourth-order valence-corrected chi connectivity index (χ4v) is 4.05.